The third kappa shape index (κ3) is 3.55. The number of rotatable bonds is 4. The first-order valence-corrected chi connectivity index (χ1v) is 8.67. The molecule has 3 heteroatoms. The lowest BCUT2D eigenvalue weighted by molar-refractivity contribution is -0.145. The van der Waals surface area contributed by atoms with Gasteiger partial charge in [0, 0.05) is 19.6 Å². The van der Waals surface area contributed by atoms with E-state index in [1.165, 1.54) is 38.5 Å². The van der Waals surface area contributed by atoms with E-state index in [0.717, 1.165) is 38.8 Å². The Morgan fingerprint density at radius 1 is 1.20 bits per heavy atom. The first-order valence-electron chi connectivity index (χ1n) is 8.67. The van der Waals surface area contributed by atoms with Crippen molar-refractivity contribution in [2.45, 2.75) is 77.2 Å². The van der Waals surface area contributed by atoms with E-state index in [1.807, 2.05) is 0 Å². The molecule has 0 bridgehead atoms. The second-order valence-electron chi connectivity index (χ2n) is 6.87. The van der Waals surface area contributed by atoms with Crippen LogP contribution >= 0.6 is 0 Å². The number of carbonyl (C=O) groups excluding carboxylic acids is 1. The van der Waals surface area contributed by atoms with E-state index in [4.69, 9.17) is 0 Å². The van der Waals surface area contributed by atoms with Gasteiger partial charge >= 0.3 is 0 Å². The maximum atomic E-state index is 13.1. The van der Waals surface area contributed by atoms with E-state index in [1.54, 1.807) is 0 Å². The summed E-state index contributed by atoms with van der Waals surface area (Å²) in [5.74, 6) is 0.415. The van der Waals surface area contributed by atoms with Crippen molar-refractivity contribution in [3.63, 3.8) is 0 Å². The molecule has 1 aliphatic carbocycles. The Balaban J connectivity index is 2.05. The zero-order valence-corrected chi connectivity index (χ0v) is 13.4. The highest BCUT2D eigenvalue weighted by Crippen LogP contribution is 2.35. The number of hydrogen-bond acceptors (Lipinski definition) is 2. The highest BCUT2D eigenvalue weighted by Gasteiger charge is 2.41. The Morgan fingerprint density at radius 3 is 2.45 bits per heavy atom. The van der Waals surface area contributed by atoms with Crippen LogP contribution in [0.15, 0.2) is 0 Å². The molecule has 1 unspecified atom stereocenters. The maximum absolute atomic E-state index is 13.1. The highest BCUT2D eigenvalue weighted by molar-refractivity contribution is 5.83. The van der Waals surface area contributed by atoms with Gasteiger partial charge in [0.2, 0.25) is 5.91 Å². The summed E-state index contributed by atoms with van der Waals surface area (Å²) in [6, 6.07) is 0.487. The molecule has 1 saturated heterocycles. The molecule has 1 atom stereocenters. The number of hydrogen-bond donors (Lipinski definition) is 1. The minimum Gasteiger partial charge on any atom is -0.342 e. The summed E-state index contributed by atoms with van der Waals surface area (Å²) in [5.41, 5.74) is -0.117. The third-order valence-corrected chi connectivity index (χ3v) is 5.35. The van der Waals surface area contributed by atoms with Crippen LogP contribution in [-0.4, -0.2) is 37.0 Å². The van der Waals surface area contributed by atoms with Gasteiger partial charge in [-0.25, -0.2) is 0 Å². The summed E-state index contributed by atoms with van der Waals surface area (Å²) in [6.45, 7) is 4.16. The van der Waals surface area contributed by atoms with Crippen LogP contribution in [-0.2, 0) is 4.79 Å². The SMILES string of the molecule is CCCC1(C(=O)N(C)C2CCCCCC2)CCCNC1. The summed E-state index contributed by atoms with van der Waals surface area (Å²) in [4.78, 5) is 15.2. The van der Waals surface area contributed by atoms with Gasteiger partial charge in [0.1, 0.15) is 0 Å². The molecular weight excluding hydrogens is 248 g/mol. The standard InChI is InChI=1S/C17H32N2O/c1-3-11-17(12-8-13-18-14-17)16(20)19(2)15-9-6-4-5-7-10-15/h15,18H,3-14H2,1-2H3. The van der Waals surface area contributed by atoms with Crippen LogP contribution in [0, 0.1) is 5.41 Å². The Hall–Kier alpha value is -0.570. The minimum absolute atomic E-state index is 0.117. The summed E-state index contributed by atoms with van der Waals surface area (Å²) >= 11 is 0. The molecule has 1 amide bonds. The van der Waals surface area contributed by atoms with Gasteiger partial charge in [0.15, 0.2) is 0 Å². The molecule has 0 radical (unpaired) electrons. The van der Waals surface area contributed by atoms with E-state index >= 15 is 0 Å². The van der Waals surface area contributed by atoms with Gasteiger partial charge in [-0.2, -0.15) is 0 Å². The Bertz CT molecular complexity index is 297. The Kier molecular flexibility index (Phi) is 5.88. The van der Waals surface area contributed by atoms with Crippen molar-refractivity contribution in [2.75, 3.05) is 20.1 Å². The fourth-order valence-electron chi connectivity index (χ4n) is 4.13. The van der Waals surface area contributed by atoms with Crippen molar-refractivity contribution >= 4 is 5.91 Å². The van der Waals surface area contributed by atoms with Crippen LogP contribution in [0.2, 0.25) is 0 Å². The first-order chi connectivity index (χ1) is 9.69. The van der Waals surface area contributed by atoms with Crippen molar-refractivity contribution in [1.82, 2.24) is 10.2 Å². The van der Waals surface area contributed by atoms with Crippen LogP contribution in [0.25, 0.3) is 0 Å². The van der Waals surface area contributed by atoms with E-state index in [9.17, 15) is 4.79 Å². The number of nitrogens with zero attached hydrogens (tertiary/aromatic N) is 1. The van der Waals surface area contributed by atoms with Gasteiger partial charge in [0.05, 0.1) is 5.41 Å². The van der Waals surface area contributed by atoms with Gasteiger partial charge in [0.25, 0.3) is 0 Å². The van der Waals surface area contributed by atoms with E-state index in [0.29, 0.717) is 11.9 Å². The van der Waals surface area contributed by atoms with Gasteiger partial charge in [-0.3, -0.25) is 4.79 Å². The molecule has 1 saturated carbocycles. The average molecular weight is 280 g/mol. The predicted molar refractivity (Wildman–Crippen MR) is 83.7 cm³/mol. The van der Waals surface area contributed by atoms with Gasteiger partial charge in [-0.1, -0.05) is 39.0 Å². The summed E-state index contributed by atoms with van der Waals surface area (Å²) in [7, 11) is 2.06. The van der Waals surface area contributed by atoms with Crippen LogP contribution in [0.1, 0.15) is 71.1 Å². The normalized spacial score (nSPS) is 28.9. The van der Waals surface area contributed by atoms with Crippen LogP contribution in [0.3, 0.4) is 0 Å². The lowest BCUT2D eigenvalue weighted by Gasteiger charge is -2.41. The lowest BCUT2D eigenvalue weighted by Crippen LogP contribution is -2.53. The molecule has 1 heterocycles. The fourth-order valence-corrected chi connectivity index (χ4v) is 4.13. The molecule has 0 spiro atoms. The summed E-state index contributed by atoms with van der Waals surface area (Å²) < 4.78 is 0. The number of carbonyl (C=O) groups is 1. The van der Waals surface area contributed by atoms with Crippen LogP contribution in [0.4, 0.5) is 0 Å². The average Bonchev–Trinajstić information content (AvgIpc) is 2.76. The zero-order chi connectivity index (χ0) is 14.4. The lowest BCUT2D eigenvalue weighted by atomic mass is 9.75. The van der Waals surface area contributed by atoms with E-state index < -0.39 is 0 Å². The largest absolute Gasteiger partial charge is 0.342 e. The molecule has 0 aromatic carbocycles. The molecule has 116 valence electrons. The van der Waals surface area contributed by atoms with Gasteiger partial charge in [-0.15, -0.1) is 0 Å². The molecule has 20 heavy (non-hydrogen) atoms. The Morgan fingerprint density at radius 2 is 1.90 bits per heavy atom. The smallest absolute Gasteiger partial charge is 0.230 e. The first kappa shape index (κ1) is 15.8. The zero-order valence-electron chi connectivity index (χ0n) is 13.4. The predicted octanol–water partition coefficient (Wildman–Crippen LogP) is 3.34. The second-order valence-corrected chi connectivity index (χ2v) is 6.87. The number of piperidine rings is 1. The molecule has 3 nitrogen and oxygen atoms in total. The molecule has 2 fully saturated rings. The van der Waals surface area contributed by atoms with Crippen molar-refractivity contribution in [3.05, 3.63) is 0 Å². The second kappa shape index (κ2) is 7.44. The molecular formula is C17H32N2O. The van der Waals surface area contributed by atoms with Crippen molar-refractivity contribution in [1.29, 1.82) is 0 Å². The van der Waals surface area contributed by atoms with Crippen LogP contribution < -0.4 is 5.32 Å². The molecule has 2 aliphatic rings. The monoisotopic (exact) mass is 280 g/mol. The molecule has 1 N–H and O–H groups in total. The van der Waals surface area contributed by atoms with Gasteiger partial charge < -0.3 is 10.2 Å². The highest BCUT2D eigenvalue weighted by atomic mass is 16.2. The minimum atomic E-state index is -0.117. The molecule has 2 rings (SSSR count). The fraction of sp³-hybridized carbons (Fsp3) is 0.941. The summed E-state index contributed by atoms with van der Waals surface area (Å²) in [6.07, 6.45) is 12.1. The Labute approximate surface area is 124 Å². The molecule has 1 aliphatic heterocycles. The number of nitrogens with one attached hydrogen (secondary N) is 1. The van der Waals surface area contributed by atoms with Crippen molar-refractivity contribution < 1.29 is 4.79 Å². The quantitative estimate of drug-likeness (QED) is 0.801. The van der Waals surface area contributed by atoms with E-state index in [-0.39, 0.29) is 5.41 Å². The maximum Gasteiger partial charge on any atom is 0.230 e. The number of amides is 1. The van der Waals surface area contributed by atoms with Crippen LogP contribution in [0.5, 0.6) is 0 Å². The molecule has 0 aromatic heterocycles. The summed E-state index contributed by atoms with van der Waals surface area (Å²) in [5, 5.41) is 3.46. The third-order valence-electron chi connectivity index (χ3n) is 5.35. The van der Waals surface area contributed by atoms with Crippen molar-refractivity contribution in [2.24, 2.45) is 5.41 Å². The van der Waals surface area contributed by atoms with E-state index in [2.05, 4.69) is 24.2 Å². The van der Waals surface area contributed by atoms with Crippen molar-refractivity contribution in [3.8, 4) is 0 Å². The topological polar surface area (TPSA) is 32.3 Å². The van der Waals surface area contributed by atoms with Gasteiger partial charge in [-0.05, 0) is 38.6 Å². The molecule has 0 aromatic rings.